The highest BCUT2D eigenvalue weighted by Crippen LogP contribution is 2.17. The molecule has 3 N–H and O–H groups in total. The summed E-state index contributed by atoms with van der Waals surface area (Å²) in [5.74, 6) is 0.334. The highest BCUT2D eigenvalue weighted by molar-refractivity contribution is 5.96. The van der Waals surface area contributed by atoms with Crippen molar-refractivity contribution in [3.05, 3.63) is 18.3 Å². The summed E-state index contributed by atoms with van der Waals surface area (Å²) in [6, 6.07) is 3.77. The number of rotatable bonds is 5. The number of morpholine rings is 1. The first-order valence-corrected chi connectivity index (χ1v) is 7.42. The van der Waals surface area contributed by atoms with E-state index in [4.69, 9.17) is 10.5 Å². The molecule has 0 saturated carbocycles. The number of pyridine rings is 1. The van der Waals surface area contributed by atoms with Crippen LogP contribution in [0.2, 0.25) is 0 Å². The van der Waals surface area contributed by atoms with E-state index in [0.29, 0.717) is 12.2 Å². The Kier molecular flexibility index (Phi) is 7.06. The first-order chi connectivity index (χ1) is 10.0. The fraction of sp³-hybridized carbons (Fsp3) is 0.600. The monoisotopic (exact) mass is 328 g/mol. The minimum Gasteiger partial charge on any atom is -0.378 e. The second-order valence-electron chi connectivity index (χ2n) is 5.62. The zero-order chi connectivity index (χ0) is 15.3. The van der Waals surface area contributed by atoms with Crippen molar-refractivity contribution < 1.29 is 9.53 Å². The molecule has 0 aliphatic carbocycles. The molecule has 1 aromatic rings. The SMILES string of the molecule is CCCC(C)(N)C(=O)Nc1ccc(N2CCOCC2)cn1.Cl. The third-order valence-corrected chi connectivity index (χ3v) is 3.65. The maximum absolute atomic E-state index is 12.1. The molecule has 0 spiro atoms. The average molecular weight is 329 g/mol. The van der Waals surface area contributed by atoms with Gasteiger partial charge in [-0.05, 0) is 25.5 Å². The number of anilines is 2. The normalized spacial score (nSPS) is 17.3. The fourth-order valence-corrected chi connectivity index (χ4v) is 2.36. The van der Waals surface area contributed by atoms with Gasteiger partial charge in [0.25, 0.3) is 0 Å². The van der Waals surface area contributed by atoms with Gasteiger partial charge in [-0.2, -0.15) is 0 Å². The van der Waals surface area contributed by atoms with Crippen molar-refractivity contribution in [3.8, 4) is 0 Å². The highest BCUT2D eigenvalue weighted by atomic mass is 35.5. The molecule has 1 aliphatic rings. The van der Waals surface area contributed by atoms with Gasteiger partial charge < -0.3 is 20.7 Å². The Morgan fingerprint density at radius 1 is 1.45 bits per heavy atom. The number of ether oxygens (including phenoxy) is 1. The molecule has 0 aromatic carbocycles. The lowest BCUT2D eigenvalue weighted by Crippen LogP contribution is -2.48. The summed E-state index contributed by atoms with van der Waals surface area (Å²) in [4.78, 5) is 18.6. The first-order valence-electron chi connectivity index (χ1n) is 7.42. The van der Waals surface area contributed by atoms with E-state index in [0.717, 1.165) is 38.4 Å². The van der Waals surface area contributed by atoms with Gasteiger partial charge >= 0.3 is 0 Å². The van der Waals surface area contributed by atoms with Gasteiger partial charge in [0.15, 0.2) is 0 Å². The zero-order valence-corrected chi connectivity index (χ0v) is 14.0. The van der Waals surface area contributed by atoms with Crippen LogP contribution in [0.5, 0.6) is 0 Å². The summed E-state index contributed by atoms with van der Waals surface area (Å²) in [6.45, 7) is 6.96. The Balaban J connectivity index is 0.00000242. The van der Waals surface area contributed by atoms with Crippen LogP contribution in [-0.4, -0.2) is 42.7 Å². The Hall–Kier alpha value is -1.37. The topological polar surface area (TPSA) is 80.5 Å². The predicted molar refractivity (Wildman–Crippen MR) is 90.6 cm³/mol. The summed E-state index contributed by atoms with van der Waals surface area (Å²) >= 11 is 0. The van der Waals surface area contributed by atoms with E-state index >= 15 is 0 Å². The van der Waals surface area contributed by atoms with E-state index in [2.05, 4.69) is 15.2 Å². The van der Waals surface area contributed by atoms with Crippen molar-refractivity contribution in [3.63, 3.8) is 0 Å². The van der Waals surface area contributed by atoms with Crippen molar-refractivity contribution in [2.24, 2.45) is 5.73 Å². The molecular weight excluding hydrogens is 304 g/mol. The molecule has 2 rings (SSSR count). The van der Waals surface area contributed by atoms with Crippen molar-refractivity contribution in [1.29, 1.82) is 0 Å². The number of aromatic nitrogens is 1. The van der Waals surface area contributed by atoms with Gasteiger partial charge in [-0.3, -0.25) is 4.79 Å². The molecule has 124 valence electrons. The lowest BCUT2D eigenvalue weighted by atomic mass is 9.96. The van der Waals surface area contributed by atoms with E-state index in [1.54, 1.807) is 13.1 Å². The average Bonchev–Trinajstić information content (AvgIpc) is 2.49. The number of hydrogen-bond acceptors (Lipinski definition) is 5. The molecule has 22 heavy (non-hydrogen) atoms. The number of carbonyl (C=O) groups excluding carboxylic acids is 1. The van der Waals surface area contributed by atoms with E-state index < -0.39 is 5.54 Å². The van der Waals surface area contributed by atoms with Crippen LogP contribution in [0.1, 0.15) is 26.7 Å². The largest absolute Gasteiger partial charge is 0.378 e. The number of hydrogen-bond donors (Lipinski definition) is 2. The van der Waals surface area contributed by atoms with Gasteiger partial charge in [0.05, 0.1) is 30.6 Å². The molecule has 0 radical (unpaired) electrons. The lowest BCUT2D eigenvalue weighted by Gasteiger charge is -2.28. The van der Waals surface area contributed by atoms with Crippen LogP contribution in [0.25, 0.3) is 0 Å². The number of nitrogens with zero attached hydrogens (tertiary/aromatic N) is 2. The van der Waals surface area contributed by atoms with Crippen molar-refractivity contribution in [2.75, 3.05) is 36.5 Å². The van der Waals surface area contributed by atoms with Gasteiger partial charge in [-0.25, -0.2) is 4.98 Å². The van der Waals surface area contributed by atoms with Crippen LogP contribution in [0.3, 0.4) is 0 Å². The van der Waals surface area contributed by atoms with Gasteiger partial charge in [-0.1, -0.05) is 13.3 Å². The van der Waals surface area contributed by atoms with Crippen LogP contribution in [-0.2, 0) is 9.53 Å². The number of amides is 1. The molecule has 1 fully saturated rings. The molecule has 1 amide bonds. The molecule has 0 bridgehead atoms. The number of carbonyl (C=O) groups is 1. The minimum absolute atomic E-state index is 0. The maximum Gasteiger partial charge on any atom is 0.245 e. The standard InChI is InChI=1S/C15H24N4O2.ClH/c1-3-6-15(2,16)14(20)18-13-5-4-12(11-17-13)19-7-9-21-10-8-19;/h4-5,11H,3,6-10,16H2,1-2H3,(H,17,18,20);1H. The van der Waals surface area contributed by atoms with Crippen LogP contribution < -0.4 is 16.0 Å². The molecule has 7 heteroatoms. The van der Waals surface area contributed by atoms with E-state index in [9.17, 15) is 4.79 Å². The third-order valence-electron chi connectivity index (χ3n) is 3.65. The number of halogens is 1. The predicted octanol–water partition coefficient (Wildman–Crippen LogP) is 1.80. The third kappa shape index (κ3) is 4.83. The van der Waals surface area contributed by atoms with Crippen LogP contribution in [0.4, 0.5) is 11.5 Å². The summed E-state index contributed by atoms with van der Waals surface area (Å²) in [5, 5.41) is 2.78. The Morgan fingerprint density at radius 3 is 2.68 bits per heavy atom. The lowest BCUT2D eigenvalue weighted by molar-refractivity contribution is -0.120. The summed E-state index contributed by atoms with van der Waals surface area (Å²) < 4.78 is 5.32. The van der Waals surface area contributed by atoms with E-state index in [1.807, 2.05) is 19.1 Å². The summed E-state index contributed by atoms with van der Waals surface area (Å²) in [5.41, 5.74) is 6.18. The quantitative estimate of drug-likeness (QED) is 0.861. The second kappa shape index (κ2) is 8.31. The van der Waals surface area contributed by atoms with Crippen molar-refractivity contribution in [1.82, 2.24) is 4.98 Å². The van der Waals surface area contributed by atoms with Crippen LogP contribution in [0.15, 0.2) is 18.3 Å². The van der Waals surface area contributed by atoms with Crippen molar-refractivity contribution >= 4 is 29.8 Å². The number of nitrogens with two attached hydrogens (primary N) is 1. The van der Waals surface area contributed by atoms with Crippen LogP contribution in [0, 0.1) is 0 Å². The molecule has 1 saturated heterocycles. The van der Waals surface area contributed by atoms with Gasteiger partial charge in [-0.15, -0.1) is 12.4 Å². The van der Waals surface area contributed by atoms with Gasteiger partial charge in [0, 0.05) is 13.1 Å². The second-order valence-corrected chi connectivity index (χ2v) is 5.62. The van der Waals surface area contributed by atoms with E-state index in [-0.39, 0.29) is 18.3 Å². The summed E-state index contributed by atoms with van der Waals surface area (Å²) in [7, 11) is 0. The first kappa shape index (κ1) is 18.7. The number of nitrogens with one attached hydrogen (secondary N) is 1. The van der Waals surface area contributed by atoms with E-state index in [1.165, 1.54) is 0 Å². The Morgan fingerprint density at radius 2 is 2.14 bits per heavy atom. The molecule has 6 nitrogen and oxygen atoms in total. The molecule has 1 aromatic heterocycles. The smallest absolute Gasteiger partial charge is 0.245 e. The molecule has 1 atom stereocenters. The van der Waals surface area contributed by atoms with Crippen LogP contribution >= 0.6 is 12.4 Å². The van der Waals surface area contributed by atoms with Gasteiger partial charge in [0.2, 0.25) is 5.91 Å². The Bertz CT molecular complexity index is 473. The molecular formula is C15H25ClN4O2. The molecule has 1 unspecified atom stereocenters. The molecule has 1 aliphatic heterocycles. The summed E-state index contributed by atoms with van der Waals surface area (Å²) in [6.07, 6.45) is 3.28. The van der Waals surface area contributed by atoms with Gasteiger partial charge in [0.1, 0.15) is 5.82 Å². The van der Waals surface area contributed by atoms with Crippen molar-refractivity contribution in [2.45, 2.75) is 32.2 Å². The minimum atomic E-state index is -0.862. The maximum atomic E-state index is 12.1. The zero-order valence-electron chi connectivity index (χ0n) is 13.2. The fourth-order valence-electron chi connectivity index (χ4n) is 2.36. The Labute approximate surface area is 137 Å². The molecule has 2 heterocycles. The highest BCUT2D eigenvalue weighted by Gasteiger charge is 2.27.